The van der Waals surface area contributed by atoms with E-state index in [0.717, 1.165) is 12.0 Å². The molecule has 4 nitrogen and oxygen atoms in total. The summed E-state index contributed by atoms with van der Waals surface area (Å²) in [6.45, 7) is 3.17. The molecule has 1 amide bonds. The molecule has 5 heteroatoms. The van der Waals surface area contributed by atoms with E-state index >= 15 is 0 Å². The summed E-state index contributed by atoms with van der Waals surface area (Å²) in [5, 5.41) is 2.79. The summed E-state index contributed by atoms with van der Waals surface area (Å²) >= 11 is 3.16. The third-order valence-corrected chi connectivity index (χ3v) is 3.47. The van der Waals surface area contributed by atoms with E-state index in [1.807, 2.05) is 37.3 Å². The number of benzene rings is 1. The van der Waals surface area contributed by atoms with Crippen molar-refractivity contribution < 1.29 is 13.9 Å². The molecule has 1 atom stereocenters. The number of carbonyl (C=O) groups excluding carboxylic acids is 1. The van der Waals surface area contributed by atoms with Crippen LogP contribution in [0.1, 0.15) is 35.6 Å². The van der Waals surface area contributed by atoms with Crippen LogP contribution >= 0.6 is 15.9 Å². The lowest BCUT2D eigenvalue weighted by Crippen LogP contribution is -2.24. The van der Waals surface area contributed by atoms with Crippen molar-refractivity contribution in [3.05, 3.63) is 58.5 Å². The lowest BCUT2D eigenvalue weighted by Gasteiger charge is -2.13. The Balaban J connectivity index is 1.63. The highest BCUT2D eigenvalue weighted by Gasteiger charge is 2.09. The number of furan rings is 1. The summed E-state index contributed by atoms with van der Waals surface area (Å²) in [5.74, 6) is 0.0947. The van der Waals surface area contributed by atoms with Gasteiger partial charge >= 0.3 is 0 Å². The highest BCUT2D eigenvalue weighted by atomic mass is 79.9. The molecular formula is C16H18BrNO3. The zero-order chi connectivity index (χ0) is 15.1. The molecule has 1 heterocycles. The standard InChI is InChI=1S/C16H18BrNO3/c1-12(13-6-3-2-4-7-13)20-11-5-10-18-16(19)14-8-9-15(17)21-14/h2-4,6-9,12H,5,10-11H2,1H3,(H,18,19)/t12-/m0/s1. The molecule has 0 saturated heterocycles. The van der Waals surface area contributed by atoms with Gasteiger partial charge in [-0.2, -0.15) is 0 Å². The molecule has 0 bridgehead atoms. The lowest BCUT2D eigenvalue weighted by atomic mass is 10.1. The third-order valence-electron chi connectivity index (χ3n) is 3.04. The third kappa shape index (κ3) is 5.02. The fraction of sp³-hybridized carbons (Fsp3) is 0.312. The SMILES string of the molecule is C[C@H](OCCCNC(=O)c1ccc(Br)o1)c1ccccc1. The Hall–Kier alpha value is -1.59. The number of halogens is 1. The van der Waals surface area contributed by atoms with Crippen molar-refractivity contribution in [2.75, 3.05) is 13.2 Å². The molecule has 1 aromatic heterocycles. The van der Waals surface area contributed by atoms with Crippen LogP contribution in [0.5, 0.6) is 0 Å². The van der Waals surface area contributed by atoms with E-state index in [1.54, 1.807) is 12.1 Å². The average Bonchev–Trinajstić information content (AvgIpc) is 2.94. The van der Waals surface area contributed by atoms with Crippen LogP contribution in [-0.4, -0.2) is 19.1 Å². The van der Waals surface area contributed by atoms with Crippen LogP contribution in [-0.2, 0) is 4.74 Å². The monoisotopic (exact) mass is 351 g/mol. The number of hydrogen-bond acceptors (Lipinski definition) is 3. The molecule has 2 rings (SSSR count). The largest absolute Gasteiger partial charge is 0.444 e. The normalized spacial score (nSPS) is 12.1. The van der Waals surface area contributed by atoms with Gasteiger partial charge in [0, 0.05) is 13.2 Å². The van der Waals surface area contributed by atoms with Crippen molar-refractivity contribution in [3.8, 4) is 0 Å². The molecule has 21 heavy (non-hydrogen) atoms. The average molecular weight is 352 g/mol. The van der Waals surface area contributed by atoms with Gasteiger partial charge in [0.05, 0.1) is 6.10 Å². The van der Waals surface area contributed by atoms with Crippen molar-refractivity contribution in [2.45, 2.75) is 19.4 Å². The summed E-state index contributed by atoms with van der Waals surface area (Å²) in [7, 11) is 0. The summed E-state index contributed by atoms with van der Waals surface area (Å²) in [4.78, 5) is 11.7. The molecule has 1 aromatic carbocycles. The van der Waals surface area contributed by atoms with Crippen LogP contribution in [0.3, 0.4) is 0 Å². The van der Waals surface area contributed by atoms with Gasteiger partial charge in [0.2, 0.25) is 0 Å². The maximum Gasteiger partial charge on any atom is 0.287 e. The van der Waals surface area contributed by atoms with Gasteiger partial charge in [0.25, 0.3) is 5.91 Å². The highest BCUT2D eigenvalue weighted by molar-refractivity contribution is 9.10. The smallest absolute Gasteiger partial charge is 0.287 e. The maximum atomic E-state index is 11.7. The van der Waals surface area contributed by atoms with E-state index in [0.29, 0.717) is 23.6 Å². The van der Waals surface area contributed by atoms with E-state index in [-0.39, 0.29) is 12.0 Å². The number of nitrogens with one attached hydrogen (secondary N) is 1. The Morgan fingerprint density at radius 3 is 2.71 bits per heavy atom. The first-order chi connectivity index (χ1) is 10.2. The molecule has 0 aliphatic heterocycles. The van der Waals surface area contributed by atoms with Gasteiger partial charge in [-0.3, -0.25) is 4.79 Å². The molecule has 1 N–H and O–H groups in total. The van der Waals surface area contributed by atoms with Gasteiger partial charge in [-0.1, -0.05) is 30.3 Å². The zero-order valence-electron chi connectivity index (χ0n) is 11.8. The Kier molecular flexibility index (Phi) is 6.02. The van der Waals surface area contributed by atoms with E-state index in [1.165, 1.54) is 0 Å². The van der Waals surface area contributed by atoms with E-state index in [2.05, 4.69) is 21.2 Å². The highest BCUT2D eigenvalue weighted by Crippen LogP contribution is 2.16. The minimum atomic E-state index is -0.211. The number of rotatable bonds is 7. The lowest BCUT2D eigenvalue weighted by molar-refractivity contribution is 0.0633. The van der Waals surface area contributed by atoms with Crippen LogP contribution in [0, 0.1) is 0 Å². The molecule has 0 fully saturated rings. The number of amides is 1. The van der Waals surface area contributed by atoms with E-state index in [4.69, 9.17) is 9.15 Å². The molecule has 0 aliphatic rings. The minimum absolute atomic E-state index is 0.0583. The van der Waals surface area contributed by atoms with Gasteiger partial charge < -0.3 is 14.5 Å². The second-order valence-corrected chi connectivity index (χ2v) is 5.42. The first kappa shape index (κ1) is 15.8. The Bertz CT molecular complexity index is 568. The van der Waals surface area contributed by atoms with Crippen molar-refractivity contribution in [3.63, 3.8) is 0 Å². The number of ether oxygens (including phenoxy) is 1. The van der Waals surface area contributed by atoms with Gasteiger partial charge in [-0.05, 0) is 47.0 Å². The quantitative estimate of drug-likeness (QED) is 0.768. The first-order valence-corrected chi connectivity index (χ1v) is 7.66. The molecule has 112 valence electrons. The second kappa shape index (κ2) is 8.00. The van der Waals surface area contributed by atoms with Crippen LogP contribution in [0.2, 0.25) is 0 Å². The summed E-state index contributed by atoms with van der Waals surface area (Å²) in [6, 6.07) is 13.4. The molecule has 0 aliphatic carbocycles. The topological polar surface area (TPSA) is 51.5 Å². The van der Waals surface area contributed by atoms with Crippen LogP contribution in [0.15, 0.2) is 51.6 Å². The van der Waals surface area contributed by atoms with Crippen molar-refractivity contribution in [1.82, 2.24) is 5.32 Å². The predicted molar refractivity (Wildman–Crippen MR) is 84.2 cm³/mol. The molecule has 0 saturated carbocycles. The molecular weight excluding hydrogens is 334 g/mol. The van der Waals surface area contributed by atoms with Crippen LogP contribution < -0.4 is 5.32 Å². The van der Waals surface area contributed by atoms with Gasteiger partial charge in [-0.15, -0.1) is 0 Å². The predicted octanol–water partition coefficient (Wildman–Crippen LogP) is 3.94. The Morgan fingerprint density at radius 1 is 1.29 bits per heavy atom. The fourth-order valence-corrected chi connectivity index (χ4v) is 2.18. The van der Waals surface area contributed by atoms with Crippen molar-refractivity contribution >= 4 is 21.8 Å². The zero-order valence-corrected chi connectivity index (χ0v) is 13.4. The fourth-order valence-electron chi connectivity index (χ4n) is 1.88. The van der Waals surface area contributed by atoms with Crippen LogP contribution in [0.4, 0.5) is 0 Å². The number of carbonyl (C=O) groups is 1. The number of hydrogen-bond donors (Lipinski definition) is 1. The molecule has 2 aromatic rings. The Labute approximate surface area is 132 Å². The van der Waals surface area contributed by atoms with E-state index in [9.17, 15) is 4.79 Å². The van der Waals surface area contributed by atoms with E-state index < -0.39 is 0 Å². The summed E-state index contributed by atoms with van der Waals surface area (Å²) in [5.41, 5.74) is 1.15. The first-order valence-electron chi connectivity index (χ1n) is 6.87. The molecule has 0 spiro atoms. The summed E-state index contributed by atoms with van der Waals surface area (Å²) < 4.78 is 11.5. The Morgan fingerprint density at radius 2 is 2.05 bits per heavy atom. The van der Waals surface area contributed by atoms with Crippen LogP contribution in [0.25, 0.3) is 0 Å². The molecule has 0 radical (unpaired) electrons. The maximum absolute atomic E-state index is 11.7. The molecule has 0 unspecified atom stereocenters. The second-order valence-electron chi connectivity index (χ2n) is 4.64. The van der Waals surface area contributed by atoms with Crippen molar-refractivity contribution in [2.24, 2.45) is 0 Å². The van der Waals surface area contributed by atoms with Gasteiger partial charge in [-0.25, -0.2) is 0 Å². The van der Waals surface area contributed by atoms with Crippen molar-refractivity contribution in [1.29, 1.82) is 0 Å². The summed E-state index contributed by atoms with van der Waals surface area (Å²) in [6.07, 6.45) is 0.813. The van der Waals surface area contributed by atoms with Gasteiger partial charge in [0.1, 0.15) is 0 Å². The minimum Gasteiger partial charge on any atom is -0.444 e. The van der Waals surface area contributed by atoms with Gasteiger partial charge in [0.15, 0.2) is 10.4 Å².